The molecule has 0 radical (unpaired) electrons. The van der Waals surface area contributed by atoms with Gasteiger partial charge in [0.2, 0.25) is 13.2 Å². The number of aliphatic hydroxyl groups excluding tert-OH is 1. The van der Waals surface area contributed by atoms with Crippen molar-refractivity contribution in [1.82, 2.24) is 24.4 Å². The standard InChI is InChI=1S/C24H31BrN6O4S/c1-24(2,3)35-23(32)30-7-4-5-14(11-30)6-8-31-21-19(20(26)27-12-28-21)29-22(31)36-18-10-17-16(9-15(18)25)33-13-34-17/h9-10,12,14,23,32H,4-8,11,13H2,1-3H3,(H2,26,27,28)/t14-,23?/m0/s1. The molecular formula is C24H31BrN6O4S. The number of likely N-dealkylation sites (tertiary alicyclic amines) is 1. The van der Waals surface area contributed by atoms with Crippen LogP contribution < -0.4 is 15.2 Å². The average molecular weight is 580 g/mol. The zero-order valence-electron chi connectivity index (χ0n) is 20.6. The number of hydrogen-bond donors (Lipinski definition) is 2. The van der Waals surface area contributed by atoms with E-state index in [4.69, 9.17) is 24.9 Å². The number of fused-ring (bicyclic) bond motifs is 2. The molecule has 0 spiro atoms. The molecule has 0 bridgehead atoms. The van der Waals surface area contributed by atoms with Gasteiger partial charge in [0.1, 0.15) is 6.33 Å². The van der Waals surface area contributed by atoms with Crippen LogP contribution in [0.5, 0.6) is 11.5 Å². The van der Waals surface area contributed by atoms with Gasteiger partial charge in [-0.3, -0.25) is 4.90 Å². The van der Waals surface area contributed by atoms with Crippen LogP contribution in [0, 0.1) is 5.92 Å². The van der Waals surface area contributed by atoms with E-state index in [-0.39, 0.29) is 6.79 Å². The third kappa shape index (κ3) is 5.57. The topological polar surface area (TPSA) is 121 Å². The average Bonchev–Trinajstić information content (AvgIpc) is 3.41. The molecular weight excluding hydrogens is 548 g/mol. The van der Waals surface area contributed by atoms with Crippen LogP contribution in [0.15, 0.2) is 33.0 Å². The molecule has 2 aromatic heterocycles. The quantitative estimate of drug-likeness (QED) is 0.393. The zero-order chi connectivity index (χ0) is 25.4. The summed E-state index contributed by atoms with van der Waals surface area (Å²) in [7, 11) is 0. The van der Waals surface area contributed by atoms with Gasteiger partial charge in [0.05, 0.1) is 5.60 Å². The first kappa shape index (κ1) is 25.5. The number of aliphatic hydroxyl groups is 1. The molecule has 12 heteroatoms. The Morgan fingerprint density at radius 2 is 2.06 bits per heavy atom. The number of nitrogens with two attached hydrogens (primary N) is 1. The lowest BCUT2D eigenvalue weighted by atomic mass is 9.95. The van der Waals surface area contributed by atoms with Crippen LogP contribution in [-0.4, -0.2) is 61.4 Å². The smallest absolute Gasteiger partial charge is 0.231 e. The molecule has 3 N–H and O–H groups in total. The van der Waals surface area contributed by atoms with E-state index in [2.05, 4.69) is 30.5 Å². The Labute approximate surface area is 222 Å². The summed E-state index contributed by atoms with van der Waals surface area (Å²) in [5.74, 6) is 2.19. The maximum atomic E-state index is 10.6. The Morgan fingerprint density at radius 3 is 2.83 bits per heavy atom. The van der Waals surface area contributed by atoms with Crippen molar-refractivity contribution in [1.29, 1.82) is 0 Å². The van der Waals surface area contributed by atoms with E-state index in [1.165, 1.54) is 18.1 Å². The van der Waals surface area contributed by atoms with Crippen LogP contribution in [0.1, 0.15) is 40.0 Å². The molecule has 1 aromatic carbocycles. The first-order valence-electron chi connectivity index (χ1n) is 12.0. The minimum Gasteiger partial charge on any atom is -0.454 e. The van der Waals surface area contributed by atoms with Crippen LogP contribution in [0.2, 0.25) is 0 Å². The van der Waals surface area contributed by atoms with E-state index >= 15 is 0 Å². The molecule has 10 nitrogen and oxygen atoms in total. The van der Waals surface area contributed by atoms with Crippen LogP contribution in [0.4, 0.5) is 5.82 Å². The number of aryl methyl sites for hydroxylation is 1. The number of ether oxygens (including phenoxy) is 3. The number of imidazole rings is 1. The Morgan fingerprint density at radius 1 is 1.28 bits per heavy atom. The summed E-state index contributed by atoms with van der Waals surface area (Å²) >= 11 is 5.16. The van der Waals surface area contributed by atoms with E-state index in [9.17, 15) is 5.11 Å². The highest BCUT2D eigenvalue weighted by atomic mass is 79.9. The van der Waals surface area contributed by atoms with Crippen molar-refractivity contribution in [2.75, 3.05) is 25.6 Å². The number of nitrogens with zero attached hydrogens (tertiary/aromatic N) is 5. The van der Waals surface area contributed by atoms with Crippen molar-refractivity contribution < 1.29 is 19.3 Å². The molecule has 4 heterocycles. The number of anilines is 1. The van der Waals surface area contributed by atoms with Gasteiger partial charge in [-0.25, -0.2) is 15.0 Å². The highest BCUT2D eigenvalue weighted by Gasteiger charge is 2.29. The highest BCUT2D eigenvalue weighted by Crippen LogP contribution is 2.43. The van der Waals surface area contributed by atoms with E-state index in [0.29, 0.717) is 40.9 Å². The number of benzene rings is 1. The van der Waals surface area contributed by atoms with Crippen LogP contribution in [-0.2, 0) is 11.3 Å². The molecule has 1 fully saturated rings. The van der Waals surface area contributed by atoms with Crippen molar-refractivity contribution >= 4 is 44.7 Å². The maximum absolute atomic E-state index is 10.6. The van der Waals surface area contributed by atoms with Gasteiger partial charge in [0.15, 0.2) is 33.6 Å². The fourth-order valence-electron chi connectivity index (χ4n) is 4.52. The minimum atomic E-state index is -0.899. The van der Waals surface area contributed by atoms with Gasteiger partial charge in [-0.1, -0.05) is 11.8 Å². The monoisotopic (exact) mass is 578 g/mol. The molecule has 0 aliphatic carbocycles. The van der Waals surface area contributed by atoms with Crippen molar-refractivity contribution in [3.8, 4) is 11.5 Å². The molecule has 194 valence electrons. The van der Waals surface area contributed by atoms with Gasteiger partial charge < -0.3 is 29.6 Å². The summed E-state index contributed by atoms with van der Waals surface area (Å²) in [6, 6.07) is 3.86. The van der Waals surface area contributed by atoms with E-state index in [0.717, 1.165) is 46.9 Å². The van der Waals surface area contributed by atoms with E-state index in [1.807, 2.05) is 37.8 Å². The second kappa shape index (κ2) is 10.3. The van der Waals surface area contributed by atoms with E-state index in [1.54, 1.807) is 0 Å². The summed E-state index contributed by atoms with van der Waals surface area (Å²) in [5.41, 5.74) is 7.05. The van der Waals surface area contributed by atoms with Gasteiger partial charge in [-0.2, -0.15) is 0 Å². The van der Waals surface area contributed by atoms with Crippen LogP contribution in [0.25, 0.3) is 11.2 Å². The van der Waals surface area contributed by atoms with Crippen molar-refractivity contribution in [3.63, 3.8) is 0 Å². The predicted octanol–water partition coefficient (Wildman–Crippen LogP) is 4.24. The second-order valence-corrected chi connectivity index (χ2v) is 11.9. The largest absolute Gasteiger partial charge is 0.454 e. The lowest BCUT2D eigenvalue weighted by Crippen LogP contribution is -2.46. The number of halogens is 1. The number of hydrogen-bond acceptors (Lipinski definition) is 10. The van der Waals surface area contributed by atoms with E-state index < -0.39 is 12.0 Å². The van der Waals surface area contributed by atoms with Gasteiger partial charge >= 0.3 is 0 Å². The second-order valence-electron chi connectivity index (χ2n) is 10.1. The van der Waals surface area contributed by atoms with Gasteiger partial charge in [-0.05, 0) is 74.0 Å². The molecule has 0 saturated carbocycles. The van der Waals surface area contributed by atoms with Gasteiger partial charge in [-0.15, -0.1) is 0 Å². The van der Waals surface area contributed by atoms with Crippen LogP contribution >= 0.6 is 27.7 Å². The van der Waals surface area contributed by atoms with Crippen molar-refractivity contribution in [2.45, 2.75) is 68.6 Å². The molecule has 2 atom stereocenters. The normalized spacial score (nSPS) is 19.2. The zero-order valence-corrected chi connectivity index (χ0v) is 23.0. The number of aromatic nitrogens is 4. The Balaban J connectivity index is 1.36. The van der Waals surface area contributed by atoms with Gasteiger partial charge in [0, 0.05) is 29.0 Å². The molecule has 1 unspecified atom stereocenters. The Kier molecular flexibility index (Phi) is 7.32. The lowest BCUT2D eigenvalue weighted by molar-refractivity contribution is -0.245. The minimum absolute atomic E-state index is 0.217. The Hall–Kier alpha value is -2.12. The molecule has 1 saturated heterocycles. The first-order valence-corrected chi connectivity index (χ1v) is 13.6. The number of rotatable bonds is 7. The lowest BCUT2D eigenvalue weighted by Gasteiger charge is -2.38. The first-order chi connectivity index (χ1) is 17.2. The summed E-state index contributed by atoms with van der Waals surface area (Å²) in [6.45, 7) is 8.38. The van der Waals surface area contributed by atoms with Crippen LogP contribution in [0.3, 0.4) is 0 Å². The summed E-state index contributed by atoms with van der Waals surface area (Å²) in [5, 5.41) is 11.4. The molecule has 5 rings (SSSR count). The Bertz CT molecular complexity index is 1250. The summed E-state index contributed by atoms with van der Waals surface area (Å²) in [6.07, 6.45) is 3.59. The number of nitrogen functional groups attached to an aromatic ring is 1. The van der Waals surface area contributed by atoms with Crippen molar-refractivity contribution in [2.24, 2.45) is 5.92 Å². The maximum Gasteiger partial charge on any atom is 0.231 e. The molecule has 2 aliphatic rings. The van der Waals surface area contributed by atoms with Gasteiger partial charge in [0.25, 0.3) is 0 Å². The fourth-order valence-corrected chi connectivity index (χ4v) is 6.03. The summed E-state index contributed by atoms with van der Waals surface area (Å²) < 4.78 is 19.8. The molecule has 36 heavy (non-hydrogen) atoms. The third-order valence-electron chi connectivity index (χ3n) is 6.24. The third-order valence-corrected chi connectivity index (χ3v) is 8.21. The summed E-state index contributed by atoms with van der Waals surface area (Å²) in [4.78, 5) is 16.4. The molecule has 2 aliphatic heterocycles. The predicted molar refractivity (Wildman–Crippen MR) is 140 cm³/mol. The molecule has 0 amide bonds. The SMILES string of the molecule is CC(C)(C)OC(O)N1CCC[C@@H](CCn2c(Sc3cc4c(cc3Br)OCO4)nc3c(N)ncnc32)C1. The fraction of sp³-hybridized carbons (Fsp3) is 0.542. The van der Waals surface area contributed by atoms with Crippen molar-refractivity contribution in [3.05, 3.63) is 22.9 Å². The molecule has 3 aromatic rings. The highest BCUT2D eigenvalue weighted by molar-refractivity contribution is 9.10. The number of piperidine rings is 1.